The quantitative estimate of drug-likeness (QED) is 0.605. The zero-order valence-electron chi connectivity index (χ0n) is 10.1. The number of ether oxygens (including phenoxy) is 2. The van der Waals surface area contributed by atoms with Crippen LogP contribution in [0.3, 0.4) is 0 Å². The van der Waals surface area contributed by atoms with Gasteiger partial charge in [-0.1, -0.05) is 24.3 Å². The first-order valence-corrected chi connectivity index (χ1v) is 5.67. The standard InChI is InChI=1S/C12H20O5/c1-3-4-5-6-7-16-12-11(15)10(14)9(13)8(2)17-12/h3-6,8-15H,7H2,1-2H3/b4-3+,6-5+/t8-,9-,10+,11+,12+/m0/s1. The predicted molar refractivity (Wildman–Crippen MR) is 62.3 cm³/mol. The van der Waals surface area contributed by atoms with Gasteiger partial charge >= 0.3 is 0 Å². The van der Waals surface area contributed by atoms with Gasteiger partial charge in [0.05, 0.1) is 12.7 Å². The molecule has 5 atom stereocenters. The van der Waals surface area contributed by atoms with Crippen molar-refractivity contribution < 1.29 is 24.8 Å². The van der Waals surface area contributed by atoms with Crippen LogP contribution < -0.4 is 0 Å². The Morgan fingerprint density at radius 1 is 1.12 bits per heavy atom. The molecule has 3 N–H and O–H groups in total. The summed E-state index contributed by atoms with van der Waals surface area (Å²) in [7, 11) is 0. The molecule has 1 saturated heterocycles. The lowest BCUT2D eigenvalue weighted by Crippen LogP contribution is -2.57. The average molecular weight is 244 g/mol. The number of hydrogen-bond donors (Lipinski definition) is 3. The zero-order chi connectivity index (χ0) is 12.8. The Kier molecular flexibility index (Phi) is 5.80. The SMILES string of the molecule is C/C=C/C=C/CO[C@@H]1O[C@@H](C)[C@H](O)[C@@H](O)[C@H]1O. The Labute approximate surface area is 101 Å². The van der Waals surface area contributed by atoms with Crippen LogP contribution in [0.15, 0.2) is 24.3 Å². The minimum atomic E-state index is -1.25. The largest absolute Gasteiger partial charge is 0.388 e. The Morgan fingerprint density at radius 2 is 1.82 bits per heavy atom. The van der Waals surface area contributed by atoms with Crippen molar-refractivity contribution in [1.29, 1.82) is 0 Å². The van der Waals surface area contributed by atoms with Crippen molar-refractivity contribution in [3.05, 3.63) is 24.3 Å². The molecule has 0 aliphatic carbocycles. The van der Waals surface area contributed by atoms with Gasteiger partial charge in [0.25, 0.3) is 0 Å². The van der Waals surface area contributed by atoms with Gasteiger partial charge in [0.2, 0.25) is 0 Å². The van der Waals surface area contributed by atoms with E-state index in [0.717, 1.165) is 0 Å². The summed E-state index contributed by atoms with van der Waals surface area (Å²) in [6, 6.07) is 0. The molecule has 17 heavy (non-hydrogen) atoms. The molecule has 0 aromatic heterocycles. The van der Waals surface area contributed by atoms with E-state index in [-0.39, 0.29) is 6.61 Å². The molecule has 0 aromatic carbocycles. The van der Waals surface area contributed by atoms with Crippen LogP contribution in [0.1, 0.15) is 13.8 Å². The first kappa shape index (κ1) is 14.3. The van der Waals surface area contributed by atoms with Gasteiger partial charge in [-0.25, -0.2) is 0 Å². The highest BCUT2D eigenvalue weighted by molar-refractivity contribution is 5.01. The molecule has 5 nitrogen and oxygen atoms in total. The van der Waals surface area contributed by atoms with Gasteiger partial charge in [-0.2, -0.15) is 0 Å². The van der Waals surface area contributed by atoms with Crippen LogP contribution >= 0.6 is 0 Å². The summed E-state index contributed by atoms with van der Waals surface area (Å²) in [6.07, 6.45) is 2.23. The Balaban J connectivity index is 2.42. The lowest BCUT2D eigenvalue weighted by atomic mass is 10.0. The first-order valence-electron chi connectivity index (χ1n) is 5.67. The van der Waals surface area contributed by atoms with Crippen molar-refractivity contribution in [3.8, 4) is 0 Å². The van der Waals surface area contributed by atoms with Gasteiger partial charge in [0, 0.05) is 0 Å². The van der Waals surface area contributed by atoms with Crippen LogP contribution in [0.4, 0.5) is 0 Å². The molecule has 0 unspecified atom stereocenters. The number of rotatable bonds is 4. The third-order valence-corrected chi connectivity index (χ3v) is 2.60. The minimum absolute atomic E-state index is 0.265. The average Bonchev–Trinajstić information content (AvgIpc) is 2.32. The zero-order valence-corrected chi connectivity index (χ0v) is 10.1. The summed E-state index contributed by atoms with van der Waals surface area (Å²) in [5.74, 6) is 0. The maximum Gasteiger partial charge on any atom is 0.186 e. The van der Waals surface area contributed by atoms with E-state index in [0.29, 0.717) is 0 Å². The van der Waals surface area contributed by atoms with Crippen LogP contribution in [-0.2, 0) is 9.47 Å². The van der Waals surface area contributed by atoms with Crippen molar-refractivity contribution in [2.45, 2.75) is 44.6 Å². The van der Waals surface area contributed by atoms with Crippen molar-refractivity contribution in [3.63, 3.8) is 0 Å². The molecule has 0 amide bonds. The van der Waals surface area contributed by atoms with E-state index in [1.165, 1.54) is 0 Å². The van der Waals surface area contributed by atoms with E-state index >= 15 is 0 Å². The Bertz CT molecular complexity index is 276. The van der Waals surface area contributed by atoms with Crippen LogP contribution in [0.25, 0.3) is 0 Å². The number of aliphatic hydroxyl groups is 3. The summed E-state index contributed by atoms with van der Waals surface area (Å²) in [6.45, 7) is 3.78. The fourth-order valence-electron chi connectivity index (χ4n) is 1.55. The maximum atomic E-state index is 9.63. The Hall–Kier alpha value is -0.720. The van der Waals surface area contributed by atoms with Crippen molar-refractivity contribution >= 4 is 0 Å². The number of aliphatic hydroxyl groups excluding tert-OH is 3. The summed E-state index contributed by atoms with van der Waals surface area (Å²) < 4.78 is 10.5. The van der Waals surface area contributed by atoms with Gasteiger partial charge < -0.3 is 24.8 Å². The minimum Gasteiger partial charge on any atom is -0.388 e. The molecule has 0 radical (unpaired) electrons. The molecule has 1 aliphatic heterocycles. The van der Waals surface area contributed by atoms with Gasteiger partial charge in [-0.3, -0.25) is 0 Å². The number of hydrogen-bond acceptors (Lipinski definition) is 5. The molecule has 1 rings (SSSR count). The van der Waals surface area contributed by atoms with Crippen LogP contribution in [0, 0.1) is 0 Å². The smallest absolute Gasteiger partial charge is 0.186 e. The third-order valence-electron chi connectivity index (χ3n) is 2.60. The summed E-state index contributed by atoms with van der Waals surface area (Å²) >= 11 is 0. The van der Waals surface area contributed by atoms with E-state index in [9.17, 15) is 15.3 Å². The highest BCUT2D eigenvalue weighted by Crippen LogP contribution is 2.21. The molecular weight excluding hydrogens is 224 g/mol. The maximum absolute atomic E-state index is 9.63. The van der Waals surface area contributed by atoms with E-state index in [1.54, 1.807) is 13.0 Å². The van der Waals surface area contributed by atoms with E-state index < -0.39 is 30.7 Å². The highest BCUT2D eigenvalue weighted by atomic mass is 16.7. The van der Waals surface area contributed by atoms with Crippen molar-refractivity contribution in [1.82, 2.24) is 0 Å². The monoisotopic (exact) mass is 244 g/mol. The molecule has 0 bridgehead atoms. The van der Waals surface area contributed by atoms with Crippen LogP contribution in [-0.4, -0.2) is 52.6 Å². The van der Waals surface area contributed by atoms with Crippen molar-refractivity contribution in [2.75, 3.05) is 6.61 Å². The fraction of sp³-hybridized carbons (Fsp3) is 0.667. The summed E-state index contributed by atoms with van der Waals surface area (Å²) in [4.78, 5) is 0. The van der Waals surface area contributed by atoms with Gasteiger partial charge in [-0.15, -0.1) is 0 Å². The lowest BCUT2D eigenvalue weighted by Gasteiger charge is -2.38. The number of allylic oxidation sites excluding steroid dienone is 3. The molecule has 0 aromatic rings. The molecule has 0 saturated carbocycles. The molecule has 0 spiro atoms. The van der Waals surface area contributed by atoms with E-state index in [1.807, 2.05) is 25.2 Å². The second-order valence-corrected chi connectivity index (χ2v) is 3.97. The highest BCUT2D eigenvalue weighted by Gasteiger charge is 2.42. The van der Waals surface area contributed by atoms with Gasteiger partial charge in [0.15, 0.2) is 6.29 Å². The van der Waals surface area contributed by atoms with Gasteiger partial charge in [0.1, 0.15) is 18.3 Å². The molecule has 1 heterocycles. The predicted octanol–water partition coefficient (Wildman–Crippen LogP) is -0.0372. The first-order chi connectivity index (χ1) is 8.07. The normalized spacial score (nSPS) is 39.2. The third kappa shape index (κ3) is 3.90. The molecule has 1 aliphatic rings. The second kappa shape index (κ2) is 6.88. The molecular formula is C12H20O5. The molecule has 1 fully saturated rings. The van der Waals surface area contributed by atoms with Crippen LogP contribution in [0.5, 0.6) is 0 Å². The van der Waals surface area contributed by atoms with Crippen molar-refractivity contribution in [2.24, 2.45) is 0 Å². The summed E-state index contributed by atoms with van der Waals surface area (Å²) in [5, 5.41) is 28.6. The summed E-state index contributed by atoms with van der Waals surface area (Å²) in [5.41, 5.74) is 0. The van der Waals surface area contributed by atoms with Crippen LogP contribution in [0.2, 0.25) is 0 Å². The van der Waals surface area contributed by atoms with E-state index in [4.69, 9.17) is 9.47 Å². The fourth-order valence-corrected chi connectivity index (χ4v) is 1.55. The topological polar surface area (TPSA) is 79.2 Å². The lowest BCUT2D eigenvalue weighted by molar-refractivity contribution is -0.290. The second-order valence-electron chi connectivity index (χ2n) is 3.97. The molecule has 5 heteroatoms. The van der Waals surface area contributed by atoms with E-state index in [2.05, 4.69) is 0 Å². The Morgan fingerprint density at radius 3 is 2.47 bits per heavy atom. The van der Waals surface area contributed by atoms with Gasteiger partial charge in [-0.05, 0) is 13.8 Å². The molecule has 98 valence electrons.